The van der Waals surface area contributed by atoms with Crippen LogP contribution >= 0.6 is 38.9 Å². The van der Waals surface area contributed by atoms with Crippen LogP contribution in [-0.2, 0) is 0 Å². The van der Waals surface area contributed by atoms with Crippen molar-refractivity contribution in [3.63, 3.8) is 0 Å². The van der Waals surface area contributed by atoms with Gasteiger partial charge in [-0.1, -0.05) is 27.5 Å². The molecule has 2 rings (SSSR count). The zero-order chi connectivity index (χ0) is 14.7. The minimum Gasteiger partial charge on any atom is -0.496 e. The summed E-state index contributed by atoms with van der Waals surface area (Å²) in [6.45, 7) is 1.92. The van der Waals surface area contributed by atoms with Gasteiger partial charge in [0, 0.05) is 9.35 Å². The summed E-state index contributed by atoms with van der Waals surface area (Å²) in [6, 6.07) is 8.94. The average Bonchev–Trinajstić information content (AvgIpc) is 2.85. The van der Waals surface area contributed by atoms with Gasteiger partial charge in [-0.15, -0.1) is 11.3 Å². The first kappa shape index (κ1) is 15.4. The average molecular weight is 375 g/mol. The third kappa shape index (κ3) is 3.53. The Labute approximate surface area is 135 Å². The zero-order valence-electron chi connectivity index (χ0n) is 10.9. The lowest BCUT2D eigenvalue weighted by atomic mass is 10.1. The van der Waals surface area contributed by atoms with Crippen molar-refractivity contribution >= 4 is 44.8 Å². The molecule has 2 aromatic rings. The van der Waals surface area contributed by atoms with Gasteiger partial charge in [0.2, 0.25) is 0 Å². The van der Waals surface area contributed by atoms with Crippen LogP contribution in [0.3, 0.4) is 0 Å². The second-order valence-electron chi connectivity index (χ2n) is 4.18. The molecule has 0 bridgehead atoms. The lowest BCUT2D eigenvalue weighted by Crippen LogP contribution is -2.26. The Morgan fingerprint density at radius 3 is 2.75 bits per heavy atom. The summed E-state index contributed by atoms with van der Waals surface area (Å²) in [6.07, 6.45) is 0. The molecule has 0 aliphatic rings. The number of amides is 1. The molecule has 3 nitrogen and oxygen atoms in total. The van der Waals surface area contributed by atoms with Gasteiger partial charge < -0.3 is 10.1 Å². The Hall–Kier alpha value is -1.04. The fraction of sp³-hybridized carbons (Fsp3) is 0.214. The summed E-state index contributed by atoms with van der Waals surface area (Å²) in [5.41, 5.74) is 0.505. The summed E-state index contributed by atoms with van der Waals surface area (Å²) in [4.78, 5) is 13.3. The minimum atomic E-state index is -0.175. The number of rotatable bonds is 4. The Bertz CT molecular complexity index is 629. The first-order chi connectivity index (χ1) is 9.51. The number of methoxy groups -OCH3 is 1. The molecule has 0 saturated carbocycles. The van der Waals surface area contributed by atoms with Gasteiger partial charge >= 0.3 is 0 Å². The van der Waals surface area contributed by atoms with Gasteiger partial charge in [-0.3, -0.25) is 4.79 Å². The number of hydrogen-bond donors (Lipinski definition) is 1. The van der Waals surface area contributed by atoms with E-state index >= 15 is 0 Å². The van der Waals surface area contributed by atoms with Crippen LogP contribution in [0.2, 0.25) is 4.34 Å². The van der Waals surface area contributed by atoms with Gasteiger partial charge in [0.05, 0.1) is 23.1 Å². The molecule has 0 radical (unpaired) electrons. The second kappa shape index (κ2) is 6.61. The maximum atomic E-state index is 12.3. The van der Waals surface area contributed by atoms with E-state index in [1.54, 1.807) is 19.2 Å². The minimum absolute atomic E-state index is 0.103. The lowest BCUT2D eigenvalue weighted by molar-refractivity contribution is 0.0937. The van der Waals surface area contributed by atoms with E-state index in [0.717, 1.165) is 9.35 Å². The number of hydrogen-bond acceptors (Lipinski definition) is 3. The third-order valence-electron chi connectivity index (χ3n) is 2.78. The molecule has 1 aromatic carbocycles. The highest BCUT2D eigenvalue weighted by Gasteiger charge is 2.16. The molecule has 0 fully saturated rings. The molecule has 0 spiro atoms. The first-order valence-electron chi connectivity index (χ1n) is 5.91. The van der Waals surface area contributed by atoms with Crippen molar-refractivity contribution in [2.24, 2.45) is 0 Å². The van der Waals surface area contributed by atoms with Crippen molar-refractivity contribution in [1.82, 2.24) is 5.32 Å². The molecule has 0 saturated heterocycles. The van der Waals surface area contributed by atoms with Crippen molar-refractivity contribution in [2.75, 3.05) is 7.11 Å². The van der Waals surface area contributed by atoms with E-state index in [-0.39, 0.29) is 11.9 Å². The van der Waals surface area contributed by atoms with Crippen molar-refractivity contribution in [1.29, 1.82) is 0 Å². The van der Waals surface area contributed by atoms with Crippen LogP contribution in [-0.4, -0.2) is 13.0 Å². The van der Waals surface area contributed by atoms with E-state index < -0.39 is 0 Å². The van der Waals surface area contributed by atoms with Gasteiger partial charge in [0.25, 0.3) is 5.91 Å². The van der Waals surface area contributed by atoms with Gasteiger partial charge in [0.15, 0.2) is 0 Å². The Morgan fingerprint density at radius 1 is 1.40 bits per heavy atom. The van der Waals surface area contributed by atoms with Crippen LogP contribution in [0.25, 0.3) is 0 Å². The molecule has 1 aromatic heterocycles. The number of halogens is 2. The number of carbonyl (C=O) groups is 1. The van der Waals surface area contributed by atoms with E-state index in [4.69, 9.17) is 16.3 Å². The molecule has 6 heteroatoms. The number of thiophene rings is 1. The zero-order valence-corrected chi connectivity index (χ0v) is 14.1. The first-order valence-corrected chi connectivity index (χ1v) is 7.89. The molecule has 1 N–H and O–H groups in total. The Morgan fingerprint density at radius 2 is 2.15 bits per heavy atom. The molecular formula is C14H13BrClNO2S. The van der Waals surface area contributed by atoms with E-state index in [0.29, 0.717) is 15.6 Å². The van der Waals surface area contributed by atoms with Crippen molar-refractivity contribution < 1.29 is 9.53 Å². The molecule has 1 amide bonds. The van der Waals surface area contributed by atoms with Crippen molar-refractivity contribution in [2.45, 2.75) is 13.0 Å². The maximum Gasteiger partial charge on any atom is 0.255 e. The summed E-state index contributed by atoms with van der Waals surface area (Å²) in [5, 5.41) is 2.94. The van der Waals surface area contributed by atoms with Gasteiger partial charge in [-0.05, 0) is 37.3 Å². The molecule has 20 heavy (non-hydrogen) atoms. The quantitative estimate of drug-likeness (QED) is 0.845. The topological polar surface area (TPSA) is 38.3 Å². The number of benzene rings is 1. The van der Waals surface area contributed by atoms with Crippen LogP contribution < -0.4 is 10.1 Å². The highest BCUT2D eigenvalue weighted by Crippen LogP contribution is 2.28. The fourth-order valence-corrected chi connectivity index (χ4v) is 3.16. The smallest absolute Gasteiger partial charge is 0.255 e. The van der Waals surface area contributed by atoms with E-state index in [2.05, 4.69) is 21.2 Å². The summed E-state index contributed by atoms with van der Waals surface area (Å²) in [5.74, 6) is 0.361. The predicted octanol–water partition coefficient (Wildman–Crippen LogP) is 4.66. The van der Waals surface area contributed by atoms with Crippen molar-refractivity contribution in [3.8, 4) is 5.75 Å². The summed E-state index contributed by atoms with van der Waals surface area (Å²) >= 11 is 10.7. The van der Waals surface area contributed by atoms with Crippen LogP contribution in [0.5, 0.6) is 5.75 Å². The monoisotopic (exact) mass is 373 g/mol. The van der Waals surface area contributed by atoms with Gasteiger partial charge in [-0.25, -0.2) is 0 Å². The molecule has 0 aliphatic heterocycles. The van der Waals surface area contributed by atoms with Gasteiger partial charge in [0.1, 0.15) is 5.75 Å². The largest absolute Gasteiger partial charge is 0.496 e. The second-order valence-corrected chi connectivity index (χ2v) is 6.84. The highest BCUT2D eigenvalue weighted by molar-refractivity contribution is 9.10. The van der Waals surface area contributed by atoms with Crippen molar-refractivity contribution in [3.05, 3.63) is 49.6 Å². The molecule has 0 aliphatic carbocycles. The molecular weight excluding hydrogens is 362 g/mol. The highest BCUT2D eigenvalue weighted by atomic mass is 79.9. The van der Waals surface area contributed by atoms with Crippen LogP contribution in [0.1, 0.15) is 28.2 Å². The molecule has 1 atom stereocenters. The normalized spacial score (nSPS) is 12.0. The van der Waals surface area contributed by atoms with Crippen LogP contribution in [0.4, 0.5) is 0 Å². The fourth-order valence-electron chi connectivity index (χ4n) is 1.76. The SMILES string of the molecule is COc1cc(Br)ccc1C(=O)NC(C)c1ccc(Cl)s1. The molecule has 1 unspecified atom stereocenters. The molecule has 1 heterocycles. The summed E-state index contributed by atoms with van der Waals surface area (Å²) < 4.78 is 6.80. The Balaban J connectivity index is 2.16. The van der Waals surface area contributed by atoms with Crippen LogP contribution in [0.15, 0.2) is 34.8 Å². The number of nitrogens with one attached hydrogen (secondary N) is 1. The van der Waals surface area contributed by atoms with E-state index in [1.165, 1.54) is 11.3 Å². The maximum absolute atomic E-state index is 12.3. The van der Waals surface area contributed by atoms with Gasteiger partial charge in [-0.2, -0.15) is 0 Å². The van der Waals surface area contributed by atoms with E-state index in [1.807, 2.05) is 25.1 Å². The van der Waals surface area contributed by atoms with E-state index in [9.17, 15) is 4.79 Å². The number of carbonyl (C=O) groups excluding carboxylic acids is 1. The third-order valence-corrected chi connectivity index (χ3v) is 4.68. The Kier molecular flexibility index (Phi) is 5.07. The standard InChI is InChI=1S/C14H13BrClNO2S/c1-8(12-5-6-13(16)20-12)17-14(18)10-4-3-9(15)7-11(10)19-2/h3-8H,1-2H3,(H,17,18). The predicted molar refractivity (Wildman–Crippen MR) is 85.9 cm³/mol. The number of ether oxygens (including phenoxy) is 1. The molecule has 106 valence electrons. The lowest BCUT2D eigenvalue weighted by Gasteiger charge is -2.14. The van der Waals surface area contributed by atoms with Crippen LogP contribution in [0, 0.1) is 0 Å². The summed E-state index contributed by atoms with van der Waals surface area (Å²) in [7, 11) is 1.54.